The molecule has 0 radical (unpaired) electrons. The maximum atomic E-state index is 11.9. The Morgan fingerprint density at radius 2 is 1.80 bits per heavy atom. The Balaban J connectivity index is 0.00000180. The van der Waals surface area contributed by atoms with Crippen molar-refractivity contribution in [3.8, 4) is 0 Å². The van der Waals surface area contributed by atoms with Crippen molar-refractivity contribution in [2.24, 2.45) is 4.99 Å². The van der Waals surface area contributed by atoms with E-state index in [-0.39, 0.29) is 30.9 Å². The summed E-state index contributed by atoms with van der Waals surface area (Å²) in [4.78, 5) is 20.4. The number of ether oxygens (including phenoxy) is 1. The van der Waals surface area contributed by atoms with Crippen LogP contribution in [0.3, 0.4) is 0 Å². The van der Waals surface area contributed by atoms with Gasteiger partial charge in [-0.05, 0) is 20.8 Å². The van der Waals surface area contributed by atoms with Gasteiger partial charge in [0, 0.05) is 31.9 Å². The molecule has 0 spiro atoms. The zero-order valence-corrected chi connectivity index (χ0v) is 14.6. The fourth-order valence-corrected chi connectivity index (χ4v) is 2.83. The second-order valence-electron chi connectivity index (χ2n) is 5.47. The lowest BCUT2D eigenvalue weighted by molar-refractivity contribution is 0.0188. The largest absolute Gasteiger partial charge is 0.444 e. The molecule has 0 N–H and O–H groups in total. The van der Waals surface area contributed by atoms with Gasteiger partial charge in [-0.25, -0.2) is 4.79 Å². The van der Waals surface area contributed by atoms with Crippen molar-refractivity contribution in [1.29, 1.82) is 0 Å². The van der Waals surface area contributed by atoms with Crippen LogP contribution in [0.5, 0.6) is 0 Å². The predicted octanol–water partition coefficient (Wildman–Crippen LogP) is 2.49. The summed E-state index contributed by atoms with van der Waals surface area (Å²) in [6, 6.07) is 0. The maximum Gasteiger partial charge on any atom is 0.410 e. The Morgan fingerprint density at radius 1 is 1.20 bits per heavy atom. The van der Waals surface area contributed by atoms with E-state index < -0.39 is 5.60 Å². The van der Waals surface area contributed by atoms with Gasteiger partial charge in [-0.2, -0.15) is 0 Å². The van der Waals surface area contributed by atoms with Crippen molar-refractivity contribution in [3.05, 3.63) is 0 Å². The van der Waals surface area contributed by atoms with Crippen LogP contribution in [-0.2, 0) is 4.74 Å². The minimum atomic E-state index is -0.417. The van der Waals surface area contributed by atoms with E-state index in [0.717, 1.165) is 30.6 Å². The minimum absolute atomic E-state index is 0. The topological polar surface area (TPSA) is 45.1 Å². The molecule has 0 aromatic rings. The van der Waals surface area contributed by atoms with E-state index in [1.54, 1.807) is 4.90 Å². The summed E-state index contributed by atoms with van der Waals surface area (Å²) in [5.41, 5.74) is -0.417. The van der Waals surface area contributed by atoms with Crippen molar-refractivity contribution in [3.63, 3.8) is 0 Å². The molecular weight excluding hydrogens is 321 g/mol. The lowest BCUT2D eigenvalue weighted by atomic mass is 10.2. The van der Waals surface area contributed by atoms with E-state index in [9.17, 15) is 4.79 Å². The molecule has 0 saturated carbocycles. The fourth-order valence-electron chi connectivity index (χ4n) is 1.92. The fraction of sp³-hybridized carbons (Fsp3) is 0.833. The molecule has 0 unspecified atom stereocenters. The van der Waals surface area contributed by atoms with Crippen LogP contribution >= 0.6 is 36.6 Å². The first-order chi connectivity index (χ1) is 8.46. The molecule has 2 heterocycles. The molecule has 5 nitrogen and oxygen atoms in total. The summed E-state index contributed by atoms with van der Waals surface area (Å²) in [5.74, 6) is 1.08. The van der Waals surface area contributed by atoms with Gasteiger partial charge in [-0.1, -0.05) is 11.8 Å². The van der Waals surface area contributed by atoms with Crippen LogP contribution in [0.25, 0.3) is 0 Å². The first-order valence-corrected chi connectivity index (χ1v) is 7.34. The highest BCUT2D eigenvalue weighted by Gasteiger charge is 2.27. The van der Waals surface area contributed by atoms with Crippen LogP contribution in [0, 0.1) is 0 Å². The summed E-state index contributed by atoms with van der Waals surface area (Å²) < 4.78 is 5.37. The number of carbonyl (C=O) groups is 1. The van der Waals surface area contributed by atoms with Gasteiger partial charge in [-0.15, -0.1) is 24.8 Å². The van der Waals surface area contributed by atoms with E-state index in [2.05, 4.69) is 9.89 Å². The van der Waals surface area contributed by atoms with Crippen molar-refractivity contribution >= 4 is 47.8 Å². The number of hydrogen-bond acceptors (Lipinski definition) is 5. The average molecular weight is 344 g/mol. The number of hydrogen-bond donors (Lipinski definition) is 0. The zero-order valence-electron chi connectivity index (χ0n) is 12.1. The molecular formula is C12H23Cl2N3O2S. The molecule has 0 atom stereocenters. The smallest absolute Gasteiger partial charge is 0.410 e. The highest BCUT2D eigenvalue weighted by Crippen LogP contribution is 2.18. The molecule has 2 rings (SSSR count). The van der Waals surface area contributed by atoms with Gasteiger partial charge < -0.3 is 14.5 Å². The zero-order chi connectivity index (χ0) is 13.2. The molecule has 1 amide bonds. The molecule has 1 fully saturated rings. The van der Waals surface area contributed by atoms with Gasteiger partial charge in [0.25, 0.3) is 0 Å². The number of rotatable bonds is 0. The molecule has 2 aliphatic rings. The molecule has 20 heavy (non-hydrogen) atoms. The molecule has 0 aromatic carbocycles. The van der Waals surface area contributed by atoms with Crippen LogP contribution in [0.2, 0.25) is 0 Å². The highest BCUT2D eigenvalue weighted by atomic mass is 35.5. The second kappa shape index (κ2) is 8.20. The maximum absolute atomic E-state index is 11.9. The van der Waals surface area contributed by atoms with Crippen LogP contribution in [0.4, 0.5) is 4.79 Å². The van der Waals surface area contributed by atoms with Crippen LogP contribution in [0.15, 0.2) is 4.99 Å². The van der Waals surface area contributed by atoms with E-state index >= 15 is 0 Å². The highest BCUT2D eigenvalue weighted by molar-refractivity contribution is 8.14. The Kier molecular flexibility index (Phi) is 8.06. The molecule has 2 aliphatic heterocycles. The first kappa shape index (κ1) is 19.7. The number of piperazine rings is 1. The molecule has 0 bridgehead atoms. The van der Waals surface area contributed by atoms with Gasteiger partial charge in [-0.3, -0.25) is 4.99 Å². The number of nitrogens with zero attached hydrogens (tertiary/aromatic N) is 3. The second-order valence-corrected chi connectivity index (χ2v) is 6.53. The summed E-state index contributed by atoms with van der Waals surface area (Å²) in [7, 11) is 0. The quantitative estimate of drug-likeness (QED) is 0.677. The summed E-state index contributed by atoms with van der Waals surface area (Å²) in [5, 5.41) is 1.14. The normalized spacial score (nSPS) is 18.9. The van der Waals surface area contributed by atoms with Crippen LogP contribution < -0.4 is 0 Å². The van der Waals surface area contributed by atoms with E-state index in [4.69, 9.17) is 4.74 Å². The first-order valence-electron chi connectivity index (χ1n) is 6.36. The Bertz CT molecular complexity index is 353. The Labute approximate surface area is 137 Å². The molecule has 0 aliphatic carbocycles. The van der Waals surface area contributed by atoms with E-state index in [1.165, 1.54) is 0 Å². The lowest BCUT2D eigenvalue weighted by Gasteiger charge is -2.36. The molecule has 0 aromatic heterocycles. The third-order valence-electron chi connectivity index (χ3n) is 2.77. The van der Waals surface area contributed by atoms with Crippen molar-refractivity contribution in [2.45, 2.75) is 26.4 Å². The standard InChI is InChI=1S/C12H21N3O2S.2ClH/c1-12(2,3)17-11(16)15-7-5-14(6-8-15)10-13-4-9-18-10;;/h4-9H2,1-3H3;2*1H. The lowest BCUT2D eigenvalue weighted by Crippen LogP contribution is -2.51. The molecule has 118 valence electrons. The predicted molar refractivity (Wildman–Crippen MR) is 88.6 cm³/mol. The number of amidine groups is 1. The van der Waals surface area contributed by atoms with E-state index in [1.807, 2.05) is 32.5 Å². The number of aliphatic imine (C=N–C) groups is 1. The average Bonchev–Trinajstić information content (AvgIpc) is 2.80. The molecule has 1 saturated heterocycles. The number of carbonyl (C=O) groups excluding carboxylic acids is 1. The Hall–Kier alpha value is -0.330. The van der Waals surface area contributed by atoms with Crippen molar-refractivity contribution in [1.82, 2.24) is 9.80 Å². The number of halogens is 2. The summed E-state index contributed by atoms with van der Waals surface area (Å²) in [6.45, 7) is 9.74. The number of thioether (sulfide) groups is 1. The van der Waals surface area contributed by atoms with Gasteiger partial charge in [0.15, 0.2) is 5.17 Å². The summed E-state index contributed by atoms with van der Waals surface area (Å²) >= 11 is 1.81. The van der Waals surface area contributed by atoms with Crippen LogP contribution in [0.1, 0.15) is 20.8 Å². The van der Waals surface area contributed by atoms with Gasteiger partial charge in [0.05, 0.1) is 6.54 Å². The monoisotopic (exact) mass is 343 g/mol. The van der Waals surface area contributed by atoms with E-state index in [0.29, 0.717) is 13.1 Å². The van der Waals surface area contributed by atoms with Gasteiger partial charge >= 0.3 is 6.09 Å². The van der Waals surface area contributed by atoms with Crippen molar-refractivity contribution < 1.29 is 9.53 Å². The Morgan fingerprint density at radius 3 is 2.25 bits per heavy atom. The van der Waals surface area contributed by atoms with Gasteiger partial charge in [0.2, 0.25) is 0 Å². The SMILES string of the molecule is CC(C)(C)OC(=O)N1CCN(C2=NCCS2)CC1.Cl.Cl. The third-order valence-corrected chi connectivity index (χ3v) is 3.80. The van der Waals surface area contributed by atoms with Crippen LogP contribution in [-0.4, -0.2) is 65.1 Å². The molecule has 8 heteroatoms. The summed E-state index contributed by atoms with van der Waals surface area (Å²) in [6.07, 6.45) is -0.205. The van der Waals surface area contributed by atoms with Gasteiger partial charge in [0.1, 0.15) is 5.60 Å². The number of amides is 1. The van der Waals surface area contributed by atoms with Crippen molar-refractivity contribution in [2.75, 3.05) is 38.5 Å². The minimum Gasteiger partial charge on any atom is -0.444 e. The third kappa shape index (κ3) is 5.58.